The van der Waals surface area contributed by atoms with Crippen LogP contribution < -0.4 is 21.3 Å². The Morgan fingerprint density at radius 1 is 0.619 bits per heavy atom. The molecule has 7 N–H and O–H groups in total. The predicted molar refractivity (Wildman–Crippen MR) is 227 cm³/mol. The lowest BCUT2D eigenvalue weighted by molar-refractivity contribution is -0.166. The topological polar surface area (TPSA) is 269 Å². The van der Waals surface area contributed by atoms with E-state index < -0.39 is 29.3 Å². The van der Waals surface area contributed by atoms with Gasteiger partial charge in [-0.15, -0.1) is 5.10 Å². The molecule has 2 rings (SSSR count). The van der Waals surface area contributed by atoms with Crippen LogP contribution in [0.1, 0.15) is 160 Å². The largest absolute Gasteiger partial charge is 0.356 e. The lowest BCUT2D eigenvalue weighted by Gasteiger charge is -2.24. The van der Waals surface area contributed by atoms with Gasteiger partial charge in [0.2, 0.25) is 41.1 Å². The molecule has 0 fully saturated rings. The number of unbranched alkanes of at least 4 members (excludes halogenated alkanes) is 9. The zero-order valence-electron chi connectivity index (χ0n) is 37.5. The Bertz CT molecular complexity index is 1580. The number of nitrogens with one attached hydrogen (secondary N) is 4. The van der Waals surface area contributed by atoms with Gasteiger partial charge in [-0.3, -0.25) is 49.2 Å². The molecule has 0 saturated heterocycles. The molecule has 1 aliphatic rings. The number of hydroxylamine groups is 6. The predicted octanol–water partition coefficient (Wildman–Crippen LogP) is 3.35. The van der Waals surface area contributed by atoms with Gasteiger partial charge >= 0.3 is 0 Å². The third-order valence-corrected chi connectivity index (χ3v) is 10.9. The first-order valence-corrected chi connectivity index (χ1v) is 22.8. The van der Waals surface area contributed by atoms with Gasteiger partial charge in [-0.05, 0) is 89.9 Å². The van der Waals surface area contributed by atoms with Crippen molar-refractivity contribution in [1.82, 2.24) is 51.5 Å². The van der Waals surface area contributed by atoms with Crippen molar-refractivity contribution in [1.29, 1.82) is 0 Å². The summed E-state index contributed by atoms with van der Waals surface area (Å²) in [4.78, 5) is 84.2. The Hall–Kier alpha value is -4.76. The average Bonchev–Trinajstić information content (AvgIpc) is 3.66. The van der Waals surface area contributed by atoms with Crippen LogP contribution in [0.2, 0.25) is 0 Å². The zero-order chi connectivity index (χ0) is 46.5. The van der Waals surface area contributed by atoms with Crippen molar-refractivity contribution >= 4 is 41.4 Å². The van der Waals surface area contributed by atoms with Crippen molar-refractivity contribution < 1.29 is 53.6 Å². The first kappa shape index (κ1) is 54.4. The summed E-state index contributed by atoms with van der Waals surface area (Å²) in [7, 11) is 1.42. The van der Waals surface area contributed by atoms with E-state index in [0.717, 1.165) is 32.1 Å². The molecule has 358 valence electrons. The fourth-order valence-corrected chi connectivity index (χ4v) is 7.09. The molecule has 1 aromatic rings. The number of aryl methyl sites for hydroxylation is 1. The summed E-state index contributed by atoms with van der Waals surface area (Å²) in [5, 5.41) is 50.3. The van der Waals surface area contributed by atoms with Crippen molar-refractivity contribution in [3.05, 3.63) is 11.4 Å². The van der Waals surface area contributed by atoms with Crippen LogP contribution in [0.3, 0.4) is 0 Å². The van der Waals surface area contributed by atoms with Gasteiger partial charge < -0.3 is 21.3 Å². The number of alkyl halides is 1. The summed E-state index contributed by atoms with van der Waals surface area (Å²) in [6.45, 7) is 3.55. The molecule has 0 radical (unpaired) electrons. The van der Waals surface area contributed by atoms with Gasteiger partial charge in [0.1, 0.15) is 5.69 Å². The monoisotopic (exact) mass is 897 g/mol. The number of carbonyl (C=O) groups is 7. The molecular formula is C42H73FN10O10. The Labute approximate surface area is 370 Å². The third-order valence-electron chi connectivity index (χ3n) is 10.9. The maximum absolute atomic E-state index is 15.8. The number of aromatic nitrogens is 3. The average molecular weight is 897 g/mol. The highest BCUT2D eigenvalue weighted by molar-refractivity contribution is 5.86. The van der Waals surface area contributed by atoms with E-state index in [-0.39, 0.29) is 75.2 Å². The van der Waals surface area contributed by atoms with Gasteiger partial charge in [0, 0.05) is 91.9 Å². The second-order valence-corrected chi connectivity index (χ2v) is 16.1. The van der Waals surface area contributed by atoms with Gasteiger partial charge in [-0.2, -0.15) is 0 Å². The van der Waals surface area contributed by atoms with Crippen molar-refractivity contribution in [3.8, 4) is 0 Å². The standard InChI is InChI=1S/C42H73FN10O10/c1-33(54)51(61)30-17-7-13-28-47-37(57)22-23-38(58)52(62)31-16-4-3-12-26-46-36(56)21-24-39(59)53(63)32-18-8-14-27-45-35(55)20-10-6-15-29-50-34-19-9-5-11-25-42(43,41(60)44-2)40(34)48-49-50/h61-63H,3-32H2,1-2H3,(H,44,60)(H,45,55)(H,46,56)(H,47,57). The summed E-state index contributed by atoms with van der Waals surface area (Å²) in [5.41, 5.74) is -1.39. The highest BCUT2D eigenvalue weighted by Crippen LogP contribution is 2.36. The molecule has 1 heterocycles. The van der Waals surface area contributed by atoms with Crippen LogP contribution in [0, 0.1) is 0 Å². The van der Waals surface area contributed by atoms with Gasteiger partial charge in [-0.25, -0.2) is 24.3 Å². The van der Waals surface area contributed by atoms with Crippen LogP contribution in [0.25, 0.3) is 0 Å². The Morgan fingerprint density at radius 3 is 1.62 bits per heavy atom. The summed E-state index contributed by atoms with van der Waals surface area (Å²) in [5.74, 6) is -2.89. The first-order chi connectivity index (χ1) is 30.2. The summed E-state index contributed by atoms with van der Waals surface area (Å²) in [6.07, 6.45) is 11.7. The van der Waals surface area contributed by atoms with Crippen LogP contribution in [0.4, 0.5) is 4.39 Å². The van der Waals surface area contributed by atoms with E-state index in [9.17, 15) is 49.2 Å². The fraction of sp³-hybridized carbons (Fsp3) is 0.786. The van der Waals surface area contributed by atoms with Gasteiger partial charge in [0.25, 0.3) is 5.91 Å². The van der Waals surface area contributed by atoms with Crippen LogP contribution in [-0.2, 0) is 52.2 Å². The molecule has 63 heavy (non-hydrogen) atoms. The van der Waals surface area contributed by atoms with Crippen LogP contribution in [0.15, 0.2) is 0 Å². The van der Waals surface area contributed by atoms with E-state index in [1.165, 1.54) is 14.0 Å². The molecule has 1 aromatic heterocycles. The van der Waals surface area contributed by atoms with Gasteiger partial charge in [0.05, 0.1) is 5.69 Å². The maximum atomic E-state index is 15.8. The van der Waals surface area contributed by atoms with E-state index in [4.69, 9.17) is 0 Å². The second-order valence-electron chi connectivity index (χ2n) is 16.1. The first-order valence-electron chi connectivity index (χ1n) is 22.8. The van der Waals surface area contributed by atoms with Crippen LogP contribution in [-0.4, -0.2) is 133 Å². The number of fused-ring (bicyclic) bond motifs is 1. The molecule has 20 nitrogen and oxygen atoms in total. The van der Waals surface area contributed by atoms with Crippen molar-refractivity contribution in [2.75, 3.05) is 46.3 Å². The zero-order valence-corrected chi connectivity index (χ0v) is 37.5. The molecule has 21 heteroatoms. The van der Waals surface area contributed by atoms with E-state index in [0.29, 0.717) is 131 Å². The number of nitrogens with zero attached hydrogens (tertiary/aromatic N) is 6. The molecule has 0 aromatic carbocycles. The number of halogens is 1. The lowest BCUT2D eigenvalue weighted by Crippen LogP contribution is -2.41. The van der Waals surface area contributed by atoms with Crippen LogP contribution in [0.5, 0.6) is 0 Å². The minimum Gasteiger partial charge on any atom is -0.356 e. The Morgan fingerprint density at radius 2 is 1.10 bits per heavy atom. The number of hydrogen-bond acceptors (Lipinski definition) is 12. The minimum atomic E-state index is -2.18. The summed E-state index contributed by atoms with van der Waals surface area (Å²) in [6, 6.07) is 0. The SMILES string of the molecule is CNC(=O)C1(F)CCCCCc2c1nnn2CCCCCC(=O)NCCCCCN(O)C(=O)CCC(=O)NCCCCCCN(O)C(=O)CCC(=O)NCCCCCN(O)C(C)=O. The highest BCUT2D eigenvalue weighted by atomic mass is 19.1. The molecule has 0 bridgehead atoms. The third kappa shape index (κ3) is 21.9. The van der Waals surface area contributed by atoms with Crippen LogP contribution >= 0.6 is 0 Å². The second kappa shape index (κ2) is 31.1. The van der Waals surface area contributed by atoms with E-state index in [1.54, 1.807) is 4.68 Å². The maximum Gasteiger partial charge on any atom is 0.263 e. The molecule has 1 aliphatic carbocycles. The minimum absolute atomic E-state index is 0.0496. The molecule has 7 amide bonds. The Kier molecular flexibility index (Phi) is 26.9. The fourth-order valence-electron chi connectivity index (χ4n) is 7.09. The van der Waals surface area contributed by atoms with Crippen molar-refractivity contribution in [3.63, 3.8) is 0 Å². The molecular weight excluding hydrogens is 824 g/mol. The molecule has 0 spiro atoms. The van der Waals surface area contributed by atoms with Gasteiger partial charge in [-0.1, -0.05) is 30.9 Å². The number of rotatable bonds is 32. The summed E-state index contributed by atoms with van der Waals surface area (Å²) >= 11 is 0. The van der Waals surface area contributed by atoms with E-state index in [2.05, 4.69) is 31.6 Å². The number of likely N-dealkylation sites (N-methyl/N-ethyl adjacent to an activating group) is 1. The van der Waals surface area contributed by atoms with E-state index in [1.807, 2.05) is 0 Å². The summed E-state index contributed by atoms with van der Waals surface area (Å²) < 4.78 is 17.5. The quantitative estimate of drug-likeness (QED) is 0.0312. The Balaban J connectivity index is 1.42. The molecule has 1 unspecified atom stereocenters. The molecule has 1 atom stereocenters. The molecule has 0 saturated carbocycles. The number of carbonyl (C=O) groups excluding carboxylic acids is 7. The highest BCUT2D eigenvalue weighted by Gasteiger charge is 2.45. The van der Waals surface area contributed by atoms with Gasteiger partial charge in [0.15, 0.2) is 0 Å². The molecule has 0 aliphatic heterocycles. The van der Waals surface area contributed by atoms with Crippen molar-refractivity contribution in [2.24, 2.45) is 0 Å². The lowest BCUT2D eigenvalue weighted by atomic mass is 9.88. The normalized spacial score (nSPS) is 14.7. The number of hydrogen-bond donors (Lipinski definition) is 7. The number of amides is 7. The smallest absolute Gasteiger partial charge is 0.263 e. The van der Waals surface area contributed by atoms with E-state index >= 15 is 4.39 Å². The van der Waals surface area contributed by atoms with Crippen molar-refractivity contribution in [2.45, 2.75) is 167 Å².